The summed E-state index contributed by atoms with van der Waals surface area (Å²) < 4.78 is 7.98. The van der Waals surface area contributed by atoms with Crippen molar-refractivity contribution >= 4 is 23.2 Å². The van der Waals surface area contributed by atoms with Crippen LogP contribution in [0.5, 0.6) is 5.75 Å². The summed E-state index contributed by atoms with van der Waals surface area (Å²) in [6, 6.07) is 26.7. The van der Waals surface area contributed by atoms with Crippen LogP contribution in [0.3, 0.4) is 0 Å². The van der Waals surface area contributed by atoms with Crippen molar-refractivity contribution in [2.24, 2.45) is 0 Å². The maximum absolute atomic E-state index is 11.0. The third kappa shape index (κ3) is 4.48. The normalized spacial score (nSPS) is 13.1. The van der Waals surface area contributed by atoms with Crippen molar-refractivity contribution in [1.29, 1.82) is 0 Å². The van der Waals surface area contributed by atoms with Crippen LogP contribution in [0.2, 0.25) is 10.0 Å². The van der Waals surface area contributed by atoms with Gasteiger partial charge in [-0.05, 0) is 47.5 Å². The second-order valence-electron chi connectivity index (χ2n) is 6.64. The number of ether oxygens (including phenoxy) is 1. The number of hydrogen-bond acceptors (Lipinski definition) is 2. The van der Waals surface area contributed by atoms with Crippen molar-refractivity contribution < 1.29 is 9.84 Å². The highest BCUT2D eigenvalue weighted by Gasteiger charge is 2.26. The topological polar surface area (TPSA) is 34.4 Å². The van der Waals surface area contributed by atoms with E-state index in [1.165, 1.54) is 0 Å². The third-order valence-electron chi connectivity index (χ3n) is 4.69. The van der Waals surface area contributed by atoms with Crippen LogP contribution in [0.4, 0.5) is 0 Å². The summed E-state index contributed by atoms with van der Waals surface area (Å²) in [4.78, 5) is 0. The maximum atomic E-state index is 11.0. The van der Waals surface area contributed by atoms with Crippen molar-refractivity contribution in [3.05, 3.63) is 113 Å². The first-order valence-corrected chi connectivity index (χ1v) is 9.95. The Kier molecular flexibility index (Phi) is 5.91. The molecule has 0 spiro atoms. The summed E-state index contributed by atoms with van der Waals surface area (Å²) in [6.45, 7) is 0. The van der Waals surface area contributed by atoms with E-state index >= 15 is 0 Å². The van der Waals surface area contributed by atoms with E-state index in [1.54, 1.807) is 22.8 Å². The highest BCUT2D eigenvalue weighted by molar-refractivity contribution is 6.35. The first kappa shape index (κ1) is 19.6. The van der Waals surface area contributed by atoms with E-state index in [-0.39, 0.29) is 0 Å². The molecule has 0 saturated heterocycles. The van der Waals surface area contributed by atoms with Crippen molar-refractivity contribution in [2.75, 3.05) is 0 Å². The highest BCUT2D eigenvalue weighted by atomic mass is 35.5. The summed E-state index contributed by atoms with van der Waals surface area (Å²) in [5.74, 6) is 0.646. The van der Waals surface area contributed by atoms with Crippen LogP contribution < -0.4 is 4.74 Å². The minimum absolute atomic E-state index is 0.394. The van der Waals surface area contributed by atoms with Gasteiger partial charge in [-0.15, -0.1) is 0 Å². The largest absolute Gasteiger partial charge is 0.467 e. The predicted molar refractivity (Wildman–Crippen MR) is 117 cm³/mol. The maximum Gasteiger partial charge on any atom is 0.206 e. The Morgan fingerprint density at radius 2 is 1.41 bits per heavy atom. The van der Waals surface area contributed by atoms with E-state index in [0.717, 1.165) is 11.1 Å². The van der Waals surface area contributed by atoms with Gasteiger partial charge in [-0.3, -0.25) is 0 Å². The molecule has 0 aliphatic carbocycles. The van der Waals surface area contributed by atoms with Gasteiger partial charge in [0.15, 0.2) is 0 Å². The number of hydrogen-bond donors (Lipinski definition) is 1. The van der Waals surface area contributed by atoms with E-state index < -0.39 is 12.3 Å². The quantitative estimate of drug-likeness (QED) is 0.371. The van der Waals surface area contributed by atoms with Crippen LogP contribution in [0.1, 0.15) is 17.9 Å². The summed E-state index contributed by atoms with van der Waals surface area (Å²) >= 11 is 12.3. The molecule has 4 rings (SSSR count). The van der Waals surface area contributed by atoms with Gasteiger partial charge in [-0.25, -0.2) is 0 Å². The van der Waals surface area contributed by atoms with Gasteiger partial charge in [0.1, 0.15) is 11.9 Å². The summed E-state index contributed by atoms with van der Waals surface area (Å²) in [5.41, 5.74) is 2.78. The van der Waals surface area contributed by atoms with Crippen LogP contribution in [-0.4, -0.2) is 9.67 Å². The van der Waals surface area contributed by atoms with Gasteiger partial charge in [-0.2, -0.15) is 0 Å². The minimum Gasteiger partial charge on any atom is -0.467 e. The molecule has 3 aromatic carbocycles. The molecule has 2 atom stereocenters. The lowest BCUT2D eigenvalue weighted by atomic mass is 10.1. The molecule has 0 radical (unpaired) electrons. The summed E-state index contributed by atoms with van der Waals surface area (Å²) in [7, 11) is 0. The van der Waals surface area contributed by atoms with Gasteiger partial charge in [0, 0.05) is 28.0 Å². The molecule has 5 heteroatoms. The molecular weight excluding hydrogens is 405 g/mol. The average Bonchev–Trinajstić information content (AvgIpc) is 3.27. The van der Waals surface area contributed by atoms with Crippen molar-refractivity contribution in [3.63, 3.8) is 0 Å². The highest BCUT2D eigenvalue weighted by Crippen LogP contribution is 2.35. The van der Waals surface area contributed by atoms with E-state index in [4.69, 9.17) is 27.9 Å². The Morgan fingerprint density at radius 3 is 2.07 bits per heavy atom. The number of rotatable bonds is 6. The Hall–Kier alpha value is -2.72. The number of aliphatic hydroxyl groups excluding tert-OH is 1. The number of aliphatic hydroxyl groups is 1. The minimum atomic E-state index is -0.985. The van der Waals surface area contributed by atoms with Gasteiger partial charge in [-0.1, -0.05) is 71.7 Å². The van der Waals surface area contributed by atoms with Crippen LogP contribution >= 0.6 is 23.2 Å². The van der Waals surface area contributed by atoms with Gasteiger partial charge in [0.05, 0.1) is 0 Å². The summed E-state index contributed by atoms with van der Waals surface area (Å²) in [6.07, 6.45) is 2.01. The molecular formula is C24H19Cl2NO2. The van der Waals surface area contributed by atoms with E-state index in [1.807, 2.05) is 67.0 Å². The van der Waals surface area contributed by atoms with Gasteiger partial charge < -0.3 is 14.4 Å². The number of nitrogens with zero attached hydrogens (tertiary/aromatic N) is 1. The van der Waals surface area contributed by atoms with Crippen molar-refractivity contribution in [3.8, 4) is 16.9 Å². The Bertz CT molecular complexity index is 1060. The molecule has 0 aliphatic rings. The standard InChI is InChI=1S/C24H19Cl2NO2/c25-19-10-13-21(22(26)16-19)23(28)24(27-14-4-5-15-27)29-20-11-8-18(9-12-20)17-6-2-1-3-7-17/h1-16,23-24,28H. The van der Waals surface area contributed by atoms with Gasteiger partial charge in [0.25, 0.3) is 0 Å². The number of halogens is 2. The third-order valence-corrected chi connectivity index (χ3v) is 5.25. The van der Waals surface area contributed by atoms with Crippen LogP contribution in [0.15, 0.2) is 97.3 Å². The van der Waals surface area contributed by atoms with E-state index in [0.29, 0.717) is 21.4 Å². The smallest absolute Gasteiger partial charge is 0.206 e. The monoisotopic (exact) mass is 423 g/mol. The fourth-order valence-corrected chi connectivity index (χ4v) is 3.72. The van der Waals surface area contributed by atoms with Gasteiger partial charge in [0.2, 0.25) is 6.23 Å². The second-order valence-corrected chi connectivity index (χ2v) is 7.48. The van der Waals surface area contributed by atoms with Crippen molar-refractivity contribution in [2.45, 2.75) is 12.3 Å². The van der Waals surface area contributed by atoms with E-state index in [9.17, 15) is 5.11 Å². The molecule has 2 unspecified atom stereocenters. The van der Waals surface area contributed by atoms with Crippen LogP contribution in [0, 0.1) is 0 Å². The lowest BCUT2D eigenvalue weighted by Gasteiger charge is -2.26. The predicted octanol–water partition coefficient (Wildman–Crippen LogP) is 6.77. The fourth-order valence-electron chi connectivity index (χ4n) is 3.20. The molecule has 1 N–H and O–H groups in total. The van der Waals surface area contributed by atoms with Crippen molar-refractivity contribution in [1.82, 2.24) is 4.57 Å². The molecule has 146 valence electrons. The molecule has 0 fully saturated rings. The lowest BCUT2D eigenvalue weighted by molar-refractivity contribution is -0.0111. The zero-order valence-electron chi connectivity index (χ0n) is 15.5. The number of aromatic nitrogens is 1. The molecule has 0 bridgehead atoms. The average molecular weight is 424 g/mol. The first-order chi connectivity index (χ1) is 14.1. The Morgan fingerprint density at radius 1 is 0.759 bits per heavy atom. The first-order valence-electron chi connectivity index (χ1n) is 9.19. The summed E-state index contributed by atoms with van der Waals surface area (Å²) in [5, 5.41) is 12.0. The molecule has 1 aromatic heterocycles. The fraction of sp³-hybridized carbons (Fsp3) is 0.0833. The zero-order valence-corrected chi connectivity index (χ0v) is 17.0. The number of benzene rings is 3. The van der Waals surface area contributed by atoms with Gasteiger partial charge >= 0.3 is 0 Å². The van der Waals surface area contributed by atoms with Crippen LogP contribution in [0.25, 0.3) is 11.1 Å². The molecule has 1 heterocycles. The SMILES string of the molecule is OC(c1ccc(Cl)cc1Cl)C(Oc1ccc(-c2ccccc2)cc1)n1cccc1. The lowest BCUT2D eigenvalue weighted by Crippen LogP contribution is -2.22. The second kappa shape index (κ2) is 8.75. The molecule has 0 amide bonds. The molecule has 3 nitrogen and oxygen atoms in total. The molecule has 29 heavy (non-hydrogen) atoms. The van der Waals surface area contributed by atoms with E-state index in [2.05, 4.69) is 12.1 Å². The molecule has 0 aliphatic heterocycles. The Labute approximate surface area is 179 Å². The van der Waals surface area contributed by atoms with Crippen LogP contribution in [-0.2, 0) is 0 Å². The Balaban J connectivity index is 1.61. The molecule has 4 aromatic rings. The zero-order chi connectivity index (χ0) is 20.2. The molecule has 0 saturated carbocycles.